The number of aliphatic hydroxyl groups is 2. The third-order valence-electron chi connectivity index (χ3n) is 3.23. The quantitative estimate of drug-likeness (QED) is 0.790. The Hall–Kier alpha value is -1.90. The molecule has 0 aliphatic carbocycles. The Morgan fingerprint density at radius 2 is 2.09 bits per heavy atom. The number of hydrogen-bond acceptors (Lipinski definition) is 5. The zero-order valence-electron chi connectivity index (χ0n) is 14.4. The molecule has 1 unspecified atom stereocenters. The fourth-order valence-corrected chi connectivity index (χ4v) is 2.00. The number of nitrogen functional groups attached to an aromatic ring is 1. The molecule has 4 N–H and O–H groups in total. The summed E-state index contributed by atoms with van der Waals surface area (Å²) >= 11 is 5.75. The fraction of sp³-hybridized carbons (Fsp3) is 0.286. The van der Waals surface area contributed by atoms with E-state index in [1.54, 1.807) is 0 Å². The molecule has 0 bridgehead atoms. The van der Waals surface area contributed by atoms with E-state index in [0.717, 1.165) is 24.4 Å². The van der Waals surface area contributed by atoms with E-state index in [1.165, 1.54) is 0 Å². The van der Waals surface area contributed by atoms with Crippen LogP contribution in [0.5, 0.6) is 0 Å². The van der Waals surface area contributed by atoms with Gasteiger partial charge in [-0.3, -0.25) is 0 Å². The van der Waals surface area contributed by atoms with Crippen molar-refractivity contribution in [3.63, 3.8) is 0 Å². The van der Waals surface area contributed by atoms with Crippen molar-refractivity contribution < 1.29 is 27.5 Å². The van der Waals surface area contributed by atoms with E-state index >= 15 is 0 Å². The van der Waals surface area contributed by atoms with E-state index in [2.05, 4.69) is 9.97 Å². The van der Waals surface area contributed by atoms with Crippen LogP contribution < -0.4 is 5.73 Å². The van der Waals surface area contributed by atoms with Crippen LogP contribution in [0.25, 0.3) is 11.3 Å². The van der Waals surface area contributed by atoms with Crippen molar-refractivity contribution in [2.45, 2.75) is 18.6 Å². The standard InChI is InChI=1S/C14H13ClF3N3O2/c1-7-2-3-8(13(23,6-22)14(16,17)18)4-9(7)10-5-20-12(19)11(15)21-10/h2-5,22-23H,6H2,1H3,(H2,19,20)/i1D3. The zero-order valence-corrected chi connectivity index (χ0v) is 12.2. The minimum absolute atomic E-state index is 0.149. The van der Waals surface area contributed by atoms with E-state index in [4.69, 9.17) is 26.6 Å². The summed E-state index contributed by atoms with van der Waals surface area (Å²) in [4.78, 5) is 7.54. The molecular weight excluding hydrogens is 335 g/mol. The van der Waals surface area contributed by atoms with Gasteiger partial charge in [0.05, 0.1) is 18.5 Å². The Labute approximate surface area is 138 Å². The van der Waals surface area contributed by atoms with E-state index in [9.17, 15) is 18.3 Å². The molecular formula is C14H13ClF3N3O2. The Kier molecular flexibility index (Phi) is 3.50. The van der Waals surface area contributed by atoms with Gasteiger partial charge in [-0.15, -0.1) is 0 Å². The summed E-state index contributed by atoms with van der Waals surface area (Å²) in [6.45, 7) is -4.35. The summed E-state index contributed by atoms with van der Waals surface area (Å²) in [6.07, 6.45) is -4.16. The molecule has 2 aromatic rings. The first-order chi connectivity index (χ1) is 11.8. The summed E-state index contributed by atoms with van der Waals surface area (Å²) in [7, 11) is 0. The first kappa shape index (κ1) is 13.5. The van der Waals surface area contributed by atoms with Crippen LogP contribution in [-0.2, 0) is 5.60 Å². The Morgan fingerprint density at radius 1 is 1.39 bits per heavy atom. The van der Waals surface area contributed by atoms with Gasteiger partial charge in [0.1, 0.15) is 0 Å². The van der Waals surface area contributed by atoms with Crippen LogP contribution >= 0.6 is 11.6 Å². The minimum atomic E-state index is -5.20. The second kappa shape index (κ2) is 5.95. The van der Waals surface area contributed by atoms with Gasteiger partial charge in [0.2, 0.25) is 5.60 Å². The molecule has 1 atom stereocenters. The highest BCUT2D eigenvalue weighted by atomic mass is 35.5. The average molecular weight is 351 g/mol. The smallest absolute Gasteiger partial charge is 0.393 e. The predicted molar refractivity (Wildman–Crippen MR) is 78.7 cm³/mol. The molecule has 1 aromatic carbocycles. The number of aromatic nitrogens is 2. The Morgan fingerprint density at radius 3 is 2.61 bits per heavy atom. The predicted octanol–water partition coefficient (Wildman–Crippen LogP) is 2.43. The lowest BCUT2D eigenvalue weighted by Gasteiger charge is -2.29. The summed E-state index contributed by atoms with van der Waals surface area (Å²) in [6, 6.07) is 2.46. The van der Waals surface area contributed by atoms with E-state index in [0.29, 0.717) is 0 Å². The van der Waals surface area contributed by atoms with Crippen LogP contribution in [0.4, 0.5) is 19.0 Å². The van der Waals surface area contributed by atoms with Gasteiger partial charge in [-0.1, -0.05) is 23.7 Å². The fourth-order valence-electron chi connectivity index (χ4n) is 1.86. The molecule has 0 fully saturated rings. The molecule has 0 saturated carbocycles. The third-order valence-corrected chi connectivity index (χ3v) is 3.50. The normalized spacial score (nSPS) is 17.0. The number of aliphatic hydroxyl groups excluding tert-OH is 1. The van der Waals surface area contributed by atoms with Crippen molar-refractivity contribution in [1.29, 1.82) is 0 Å². The number of anilines is 1. The molecule has 124 valence electrons. The molecule has 9 heteroatoms. The van der Waals surface area contributed by atoms with Crippen LogP contribution in [0.1, 0.15) is 15.2 Å². The van der Waals surface area contributed by atoms with Crippen molar-refractivity contribution in [2.75, 3.05) is 12.3 Å². The number of rotatable bonds is 3. The first-order valence-electron chi connectivity index (χ1n) is 7.64. The van der Waals surface area contributed by atoms with Gasteiger partial charge < -0.3 is 15.9 Å². The van der Waals surface area contributed by atoms with Gasteiger partial charge in [0.15, 0.2) is 11.0 Å². The lowest BCUT2D eigenvalue weighted by Crippen LogP contribution is -2.45. The maximum absolute atomic E-state index is 13.2. The average Bonchev–Trinajstić information content (AvgIpc) is 2.54. The van der Waals surface area contributed by atoms with Gasteiger partial charge in [-0.2, -0.15) is 13.2 Å². The van der Waals surface area contributed by atoms with Crippen LogP contribution in [0.15, 0.2) is 24.4 Å². The van der Waals surface area contributed by atoms with Crippen LogP contribution in [0, 0.1) is 6.85 Å². The SMILES string of the molecule is [2H]C([2H])([2H])c1ccc(C(O)(CO)C(F)(F)F)cc1-c1cnc(N)c(Cl)n1. The Bertz CT molecular complexity index is 833. The zero-order chi connectivity index (χ0) is 19.9. The van der Waals surface area contributed by atoms with Gasteiger partial charge in [-0.25, -0.2) is 9.97 Å². The second-order valence-corrected chi connectivity index (χ2v) is 5.07. The van der Waals surface area contributed by atoms with E-state index in [-0.39, 0.29) is 27.8 Å². The maximum atomic E-state index is 13.2. The molecule has 1 aromatic heterocycles. The first-order valence-corrected chi connectivity index (χ1v) is 6.52. The van der Waals surface area contributed by atoms with Crippen molar-refractivity contribution in [2.24, 2.45) is 0 Å². The summed E-state index contributed by atoms with van der Waals surface area (Å²) in [5.41, 5.74) is 0.344. The monoisotopic (exact) mass is 350 g/mol. The highest BCUT2D eigenvalue weighted by Crippen LogP contribution is 2.40. The molecule has 0 saturated heterocycles. The van der Waals surface area contributed by atoms with Crippen molar-refractivity contribution in [1.82, 2.24) is 9.97 Å². The van der Waals surface area contributed by atoms with Crippen LogP contribution in [-0.4, -0.2) is 33.0 Å². The van der Waals surface area contributed by atoms with Crippen LogP contribution in [0.3, 0.4) is 0 Å². The molecule has 0 spiro atoms. The molecule has 0 amide bonds. The highest BCUT2D eigenvalue weighted by Gasteiger charge is 2.54. The van der Waals surface area contributed by atoms with E-state index < -0.39 is 30.8 Å². The Balaban J connectivity index is 2.77. The maximum Gasteiger partial charge on any atom is 0.423 e. The summed E-state index contributed by atoms with van der Waals surface area (Å²) < 4.78 is 62.2. The molecule has 5 nitrogen and oxygen atoms in total. The largest absolute Gasteiger partial charge is 0.423 e. The van der Waals surface area contributed by atoms with Gasteiger partial charge in [0.25, 0.3) is 0 Å². The van der Waals surface area contributed by atoms with Crippen molar-refractivity contribution >= 4 is 17.4 Å². The number of nitrogens with zero attached hydrogens (tertiary/aromatic N) is 2. The lowest BCUT2D eigenvalue weighted by atomic mass is 9.90. The van der Waals surface area contributed by atoms with Crippen molar-refractivity contribution in [3.8, 4) is 11.3 Å². The molecule has 2 rings (SSSR count). The molecule has 0 aliphatic rings. The minimum Gasteiger partial charge on any atom is -0.393 e. The van der Waals surface area contributed by atoms with E-state index in [1.807, 2.05) is 0 Å². The van der Waals surface area contributed by atoms with Gasteiger partial charge in [0, 0.05) is 9.68 Å². The topological polar surface area (TPSA) is 92.3 Å². The number of hydrogen-bond donors (Lipinski definition) is 3. The third kappa shape index (κ3) is 3.10. The number of halogens is 4. The molecule has 1 heterocycles. The molecule has 23 heavy (non-hydrogen) atoms. The number of benzene rings is 1. The summed E-state index contributed by atoms with van der Waals surface area (Å²) in [5.74, 6) is -0.149. The van der Waals surface area contributed by atoms with Crippen LogP contribution in [0.2, 0.25) is 5.15 Å². The van der Waals surface area contributed by atoms with Gasteiger partial charge >= 0.3 is 6.18 Å². The number of alkyl halides is 3. The second-order valence-electron chi connectivity index (χ2n) is 4.71. The highest BCUT2D eigenvalue weighted by molar-refractivity contribution is 6.31. The summed E-state index contributed by atoms with van der Waals surface area (Å²) in [5, 5.41) is 18.7. The van der Waals surface area contributed by atoms with Crippen molar-refractivity contribution in [3.05, 3.63) is 40.7 Å². The lowest BCUT2D eigenvalue weighted by molar-refractivity contribution is -0.277. The molecule has 0 radical (unpaired) electrons. The number of aryl methyl sites for hydroxylation is 1. The van der Waals surface area contributed by atoms with Gasteiger partial charge in [-0.05, 0) is 24.0 Å². The molecule has 0 aliphatic heterocycles. The number of nitrogens with two attached hydrogens (primary N) is 1.